The number of nitrogens with one attached hydrogen (secondary N) is 1. The molecule has 3 N–H and O–H groups in total. The monoisotopic (exact) mass is 203 g/mol. The van der Waals surface area contributed by atoms with Gasteiger partial charge in [0, 0.05) is 6.61 Å². The molecule has 1 aliphatic heterocycles. The summed E-state index contributed by atoms with van der Waals surface area (Å²) in [5.41, 5.74) is 0. The van der Waals surface area contributed by atoms with Crippen molar-refractivity contribution in [3.8, 4) is 0 Å². The summed E-state index contributed by atoms with van der Waals surface area (Å²) >= 11 is 0. The Morgan fingerprint density at radius 1 is 1.57 bits per heavy atom. The number of aliphatic hydroxyl groups excluding tert-OH is 1. The normalized spacial score (nSPS) is 24.2. The molecule has 1 aliphatic rings. The maximum absolute atomic E-state index is 10.3. The van der Waals surface area contributed by atoms with Crippen LogP contribution >= 0.6 is 0 Å². The summed E-state index contributed by atoms with van der Waals surface area (Å²) in [5.74, 6) is 0. The van der Waals surface area contributed by atoms with Crippen LogP contribution in [-0.2, 0) is 4.74 Å². The summed E-state index contributed by atoms with van der Waals surface area (Å²) in [5, 5.41) is 19.7. The van der Waals surface area contributed by atoms with Crippen LogP contribution in [0.5, 0.6) is 0 Å². The molecular weight excluding hydrogens is 186 g/mol. The number of rotatable bonds is 4. The lowest BCUT2D eigenvalue weighted by Crippen LogP contribution is -2.40. The minimum Gasteiger partial charge on any atom is -0.465 e. The predicted molar refractivity (Wildman–Crippen MR) is 50.2 cm³/mol. The van der Waals surface area contributed by atoms with Crippen LogP contribution in [0.3, 0.4) is 0 Å². The number of aliphatic hydroxyl groups is 1. The Kier molecular flexibility index (Phi) is 4.69. The first-order valence-electron chi connectivity index (χ1n) is 4.94. The molecule has 5 nitrogen and oxygen atoms in total. The molecule has 1 heterocycles. The van der Waals surface area contributed by atoms with Crippen molar-refractivity contribution in [1.29, 1.82) is 0 Å². The zero-order valence-corrected chi connectivity index (χ0v) is 8.11. The molecular formula is C9H17NO4. The van der Waals surface area contributed by atoms with Gasteiger partial charge in [-0.3, -0.25) is 0 Å². The molecule has 1 rings (SSSR count). The maximum atomic E-state index is 10.3. The molecule has 1 amide bonds. The van der Waals surface area contributed by atoms with Gasteiger partial charge in [0.05, 0.1) is 18.8 Å². The van der Waals surface area contributed by atoms with Gasteiger partial charge in [-0.15, -0.1) is 0 Å². The van der Waals surface area contributed by atoms with Crippen LogP contribution in [0.2, 0.25) is 0 Å². The van der Waals surface area contributed by atoms with Crippen molar-refractivity contribution < 1.29 is 19.7 Å². The highest BCUT2D eigenvalue weighted by Crippen LogP contribution is 2.16. The van der Waals surface area contributed by atoms with E-state index in [1.807, 2.05) is 0 Å². The molecule has 0 aromatic rings. The first kappa shape index (κ1) is 11.3. The molecule has 1 unspecified atom stereocenters. The summed E-state index contributed by atoms with van der Waals surface area (Å²) in [6, 6.07) is -0.407. The van der Waals surface area contributed by atoms with E-state index in [-0.39, 0.29) is 12.7 Å². The zero-order chi connectivity index (χ0) is 10.4. The van der Waals surface area contributed by atoms with Gasteiger partial charge in [0.2, 0.25) is 0 Å². The van der Waals surface area contributed by atoms with Crippen LogP contribution in [-0.4, -0.2) is 41.7 Å². The van der Waals surface area contributed by atoms with E-state index in [2.05, 4.69) is 5.32 Å². The van der Waals surface area contributed by atoms with Gasteiger partial charge in [0.1, 0.15) is 0 Å². The van der Waals surface area contributed by atoms with Gasteiger partial charge in [-0.05, 0) is 25.7 Å². The Labute approximate surface area is 83.1 Å². The van der Waals surface area contributed by atoms with Crippen molar-refractivity contribution in [3.05, 3.63) is 0 Å². The summed E-state index contributed by atoms with van der Waals surface area (Å²) in [7, 11) is 0. The highest BCUT2D eigenvalue weighted by Gasteiger charge is 2.20. The van der Waals surface area contributed by atoms with Crippen LogP contribution in [0.15, 0.2) is 0 Å². The minimum atomic E-state index is -1.10. The van der Waals surface area contributed by atoms with Crippen LogP contribution in [0, 0.1) is 0 Å². The van der Waals surface area contributed by atoms with E-state index in [1.54, 1.807) is 0 Å². The van der Waals surface area contributed by atoms with Crippen molar-refractivity contribution >= 4 is 6.09 Å². The first-order valence-corrected chi connectivity index (χ1v) is 4.94. The van der Waals surface area contributed by atoms with Crippen molar-refractivity contribution in [2.24, 2.45) is 0 Å². The average molecular weight is 203 g/mol. The van der Waals surface area contributed by atoms with Crippen molar-refractivity contribution in [1.82, 2.24) is 5.32 Å². The molecule has 0 saturated carbocycles. The molecule has 14 heavy (non-hydrogen) atoms. The Morgan fingerprint density at radius 2 is 2.36 bits per heavy atom. The quantitative estimate of drug-likeness (QED) is 0.624. The van der Waals surface area contributed by atoms with Crippen LogP contribution < -0.4 is 5.32 Å². The predicted octanol–water partition coefficient (Wildman–Crippen LogP) is 0.574. The first-order chi connectivity index (χ1) is 6.72. The largest absolute Gasteiger partial charge is 0.465 e. The highest BCUT2D eigenvalue weighted by atomic mass is 16.5. The van der Waals surface area contributed by atoms with E-state index in [4.69, 9.17) is 14.9 Å². The fraction of sp³-hybridized carbons (Fsp3) is 0.889. The second-order valence-corrected chi connectivity index (χ2v) is 3.55. The third-order valence-electron chi connectivity index (χ3n) is 2.37. The SMILES string of the molecule is O=C(O)N[C@H](CO)CC1CCCCO1. The topological polar surface area (TPSA) is 78.8 Å². The van der Waals surface area contributed by atoms with E-state index in [0.29, 0.717) is 6.42 Å². The van der Waals surface area contributed by atoms with Crippen molar-refractivity contribution in [3.63, 3.8) is 0 Å². The number of hydrogen-bond donors (Lipinski definition) is 3. The van der Waals surface area contributed by atoms with Crippen molar-refractivity contribution in [2.75, 3.05) is 13.2 Å². The van der Waals surface area contributed by atoms with Gasteiger partial charge in [-0.1, -0.05) is 0 Å². The Bertz CT molecular complexity index is 180. The van der Waals surface area contributed by atoms with E-state index in [1.165, 1.54) is 0 Å². The molecule has 0 bridgehead atoms. The third-order valence-corrected chi connectivity index (χ3v) is 2.37. The molecule has 0 aromatic heterocycles. The van der Waals surface area contributed by atoms with Gasteiger partial charge < -0.3 is 20.3 Å². The van der Waals surface area contributed by atoms with Gasteiger partial charge in [-0.2, -0.15) is 0 Å². The third kappa shape index (κ3) is 3.93. The number of hydrogen-bond acceptors (Lipinski definition) is 3. The zero-order valence-electron chi connectivity index (χ0n) is 8.11. The number of amides is 1. The Morgan fingerprint density at radius 3 is 2.86 bits per heavy atom. The molecule has 0 spiro atoms. The minimum absolute atomic E-state index is 0.0905. The smallest absolute Gasteiger partial charge is 0.404 e. The molecule has 1 fully saturated rings. The lowest BCUT2D eigenvalue weighted by molar-refractivity contribution is 0.00167. The summed E-state index contributed by atoms with van der Waals surface area (Å²) in [6.45, 7) is 0.571. The fourth-order valence-corrected chi connectivity index (χ4v) is 1.66. The standard InChI is InChI=1S/C9H17NO4/c11-6-7(10-9(12)13)5-8-3-1-2-4-14-8/h7-8,10-11H,1-6H2,(H,12,13)/t7-,8?/m0/s1. The molecule has 0 aliphatic carbocycles. The van der Waals surface area contributed by atoms with Gasteiger partial charge >= 0.3 is 6.09 Å². The van der Waals surface area contributed by atoms with E-state index in [0.717, 1.165) is 25.9 Å². The number of carbonyl (C=O) groups is 1. The lowest BCUT2D eigenvalue weighted by Gasteiger charge is -2.25. The van der Waals surface area contributed by atoms with E-state index >= 15 is 0 Å². The second-order valence-electron chi connectivity index (χ2n) is 3.55. The number of carboxylic acid groups (broad SMARTS) is 1. The van der Waals surface area contributed by atoms with Gasteiger partial charge in [0.15, 0.2) is 0 Å². The highest BCUT2D eigenvalue weighted by molar-refractivity contribution is 5.64. The average Bonchev–Trinajstić information content (AvgIpc) is 2.17. The van der Waals surface area contributed by atoms with Crippen LogP contribution in [0.4, 0.5) is 4.79 Å². The Hall–Kier alpha value is -0.810. The fourth-order valence-electron chi connectivity index (χ4n) is 1.66. The molecule has 0 aromatic carbocycles. The Balaban J connectivity index is 2.27. The van der Waals surface area contributed by atoms with E-state index < -0.39 is 12.1 Å². The molecule has 82 valence electrons. The van der Waals surface area contributed by atoms with Gasteiger partial charge in [0.25, 0.3) is 0 Å². The maximum Gasteiger partial charge on any atom is 0.404 e. The molecule has 5 heteroatoms. The second kappa shape index (κ2) is 5.82. The summed E-state index contributed by atoms with van der Waals surface area (Å²) in [4.78, 5) is 10.3. The van der Waals surface area contributed by atoms with Crippen LogP contribution in [0.1, 0.15) is 25.7 Å². The summed E-state index contributed by atoms with van der Waals surface area (Å²) in [6.07, 6.45) is 2.70. The summed E-state index contributed by atoms with van der Waals surface area (Å²) < 4.78 is 5.45. The van der Waals surface area contributed by atoms with E-state index in [9.17, 15) is 4.79 Å². The lowest BCUT2D eigenvalue weighted by atomic mass is 10.0. The molecule has 2 atom stereocenters. The van der Waals surface area contributed by atoms with Crippen molar-refractivity contribution in [2.45, 2.75) is 37.8 Å². The van der Waals surface area contributed by atoms with Crippen LogP contribution in [0.25, 0.3) is 0 Å². The molecule has 1 saturated heterocycles. The van der Waals surface area contributed by atoms with Gasteiger partial charge in [-0.25, -0.2) is 4.79 Å². The number of ether oxygens (including phenoxy) is 1. The molecule has 0 radical (unpaired) electrons.